The van der Waals surface area contributed by atoms with Crippen molar-refractivity contribution in [2.45, 2.75) is 0 Å². The monoisotopic (exact) mass is 351 g/mol. The Balaban J connectivity index is 2.18. The van der Waals surface area contributed by atoms with Gasteiger partial charge in [-0.3, -0.25) is 4.79 Å². The van der Waals surface area contributed by atoms with E-state index in [2.05, 4.69) is 20.9 Å². The number of halogens is 3. The Hall–Kier alpha value is -1.65. The third kappa shape index (κ3) is 2.15. The summed E-state index contributed by atoms with van der Waals surface area (Å²) in [4.78, 5) is 15.5. The molecule has 1 aromatic heterocycles. The molecule has 20 heavy (non-hydrogen) atoms. The smallest absolute Gasteiger partial charge is 0.198 e. The van der Waals surface area contributed by atoms with E-state index in [1.807, 2.05) is 18.2 Å². The molecule has 0 aliphatic carbocycles. The number of hydrogen-bond donors (Lipinski definition) is 1. The third-order valence-corrected chi connectivity index (χ3v) is 3.97. The molecule has 0 unspecified atom stereocenters. The van der Waals surface area contributed by atoms with Gasteiger partial charge in [0, 0.05) is 32.2 Å². The lowest BCUT2D eigenvalue weighted by atomic mass is 10.0. The summed E-state index contributed by atoms with van der Waals surface area (Å²) in [5.74, 6) is -0.999. The molecule has 0 saturated carbocycles. The van der Waals surface area contributed by atoms with Crippen molar-refractivity contribution in [2.75, 3.05) is 0 Å². The normalized spacial score (nSPS) is 10.9. The van der Waals surface area contributed by atoms with Gasteiger partial charge in [-0.25, -0.2) is 4.39 Å². The van der Waals surface area contributed by atoms with Gasteiger partial charge in [0.15, 0.2) is 5.78 Å². The van der Waals surface area contributed by atoms with Crippen molar-refractivity contribution in [3.05, 3.63) is 69.0 Å². The Kier molecular flexibility index (Phi) is 3.36. The van der Waals surface area contributed by atoms with Crippen LogP contribution in [0.1, 0.15) is 15.9 Å². The molecule has 0 amide bonds. The highest BCUT2D eigenvalue weighted by Crippen LogP contribution is 2.29. The molecule has 0 saturated heterocycles. The lowest BCUT2D eigenvalue weighted by Gasteiger charge is -2.03. The van der Waals surface area contributed by atoms with Gasteiger partial charge in [-0.1, -0.05) is 33.6 Å². The van der Waals surface area contributed by atoms with Gasteiger partial charge >= 0.3 is 0 Å². The van der Waals surface area contributed by atoms with Gasteiger partial charge in [-0.05, 0) is 30.3 Å². The first-order chi connectivity index (χ1) is 9.58. The van der Waals surface area contributed by atoms with E-state index in [0.717, 1.165) is 21.4 Å². The van der Waals surface area contributed by atoms with Crippen molar-refractivity contribution < 1.29 is 9.18 Å². The maximum Gasteiger partial charge on any atom is 0.198 e. The molecule has 2 nitrogen and oxygen atoms in total. The minimum atomic E-state index is -0.621. The zero-order chi connectivity index (χ0) is 14.3. The van der Waals surface area contributed by atoms with Gasteiger partial charge in [0.1, 0.15) is 5.82 Å². The predicted molar refractivity (Wildman–Crippen MR) is 80.8 cm³/mol. The van der Waals surface area contributed by atoms with E-state index in [9.17, 15) is 9.18 Å². The van der Waals surface area contributed by atoms with Crippen LogP contribution in [0.25, 0.3) is 10.9 Å². The SMILES string of the molecule is O=C(c1ccc(Cl)cc1F)c1c[nH]c2cccc(Br)c12. The topological polar surface area (TPSA) is 32.9 Å². The number of rotatable bonds is 2. The van der Waals surface area contributed by atoms with Crippen LogP contribution >= 0.6 is 27.5 Å². The molecule has 100 valence electrons. The Bertz CT molecular complexity index is 828. The fourth-order valence-corrected chi connectivity index (χ4v) is 2.88. The Morgan fingerprint density at radius 2 is 2.00 bits per heavy atom. The van der Waals surface area contributed by atoms with Crippen LogP contribution in [0.4, 0.5) is 4.39 Å². The van der Waals surface area contributed by atoms with Crippen LogP contribution < -0.4 is 0 Å². The summed E-state index contributed by atoms with van der Waals surface area (Å²) in [6, 6.07) is 9.59. The number of ketones is 1. The zero-order valence-electron chi connectivity index (χ0n) is 10.1. The summed E-state index contributed by atoms with van der Waals surface area (Å²) in [5.41, 5.74) is 1.25. The number of H-pyrrole nitrogens is 1. The molecular formula is C15H8BrClFNO. The Labute approximate surface area is 127 Å². The number of carbonyl (C=O) groups is 1. The number of aromatic amines is 1. The van der Waals surface area contributed by atoms with Crippen molar-refractivity contribution in [1.29, 1.82) is 0 Å². The first-order valence-electron chi connectivity index (χ1n) is 5.83. The van der Waals surface area contributed by atoms with Crippen molar-refractivity contribution in [2.24, 2.45) is 0 Å². The van der Waals surface area contributed by atoms with Crippen LogP contribution in [0.5, 0.6) is 0 Å². The second kappa shape index (κ2) is 5.04. The van der Waals surface area contributed by atoms with Gasteiger partial charge < -0.3 is 4.98 Å². The fraction of sp³-hybridized carbons (Fsp3) is 0. The summed E-state index contributed by atoms with van der Waals surface area (Å²) in [5, 5.41) is 1.01. The summed E-state index contributed by atoms with van der Waals surface area (Å²) in [6.45, 7) is 0. The predicted octanol–water partition coefficient (Wildman–Crippen LogP) is 4.95. The van der Waals surface area contributed by atoms with E-state index in [4.69, 9.17) is 11.6 Å². The maximum atomic E-state index is 13.9. The van der Waals surface area contributed by atoms with Crippen LogP contribution in [-0.4, -0.2) is 10.8 Å². The van der Waals surface area contributed by atoms with E-state index in [0.29, 0.717) is 5.56 Å². The quantitative estimate of drug-likeness (QED) is 0.650. The molecular weight excluding hydrogens is 345 g/mol. The Morgan fingerprint density at radius 3 is 2.75 bits per heavy atom. The van der Waals surface area contributed by atoms with Crippen molar-refractivity contribution in [3.8, 4) is 0 Å². The lowest BCUT2D eigenvalue weighted by Crippen LogP contribution is -2.03. The molecule has 5 heteroatoms. The summed E-state index contributed by atoms with van der Waals surface area (Å²) in [6.07, 6.45) is 1.59. The first kappa shape index (κ1) is 13.3. The standard InChI is InChI=1S/C15H8BrClFNO/c16-11-2-1-3-13-14(11)10(7-19-13)15(20)9-5-4-8(17)6-12(9)18/h1-7,19H. The number of hydrogen-bond acceptors (Lipinski definition) is 1. The average molecular weight is 353 g/mol. The van der Waals surface area contributed by atoms with Crippen molar-refractivity contribution >= 4 is 44.2 Å². The molecule has 0 aliphatic rings. The second-order valence-corrected chi connectivity index (χ2v) is 5.61. The average Bonchev–Trinajstić information content (AvgIpc) is 2.83. The molecule has 1 N–H and O–H groups in total. The highest BCUT2D eigenvalue weighted by atomic mass is 79.9. The van der Waals surface area contributed by atoms with E-state index in [1.54, 1.807) is 6.20 Å². The summed E-state index contributed by atoms with van der Waals surface area (Å²) < 4.78 is 14.7. The Morgan fingerprint density at radius 1 is 1.20 bits per heavy atom. The van der Waals surface area contributed by atoms with Gasteiger partial charge in [0.05, 0.1) is 5.56 Å². The van der Waals surface area contributed by atoms with Crippen LogP contribution in [-0.2, 0) is 0 Å². The van der Waals surface area contributed by atoms with Gasteiger partial charge in [0.2, 0.25) is 0 Å². The molecule has 3 rings (SSSR count). The van der Waals surface area contributed by atoms with Crippen molar-refractivity contribution in [1.82, 2.24) is 4.98 Å². The minimum Gasteiger partial charge on any atom is -0.360 e. The highest BCUT2D eigenvalue weighted by molar-refractivity contribution is 9.10. The largest absolute Gasteiger partial charge is 0.360 e. The lowest BCUT2D eigenvalue weighted by molar-refractivity contribution is 0.103. The summed E-state index contributed by atoms with van der Waals surface area (Å²) in [7, 11) is 0. The van der Waals surface area contributed by atoms with Crippen LogP contribution in [0.15, 0.2) is 47.1 Å². The number of aromatic nitrogens is 1. The number of nitrogens with one attached hydrogen (secondary N) is 1. The molecule has 0 aliphatic heterocycles. The maximum absolute atomic E-state index is 13.9. The van der Waals surface area contributed by atoms with Crippen LogP contribution in [0.2, 0.25) is 5.02 Å². The van der Waals surface area contributed by atoms with Gasteiger partial charge in [-0.2, -0.15) is 0 Å². The molecule has 0 bridgehead atoms. The van der Waals surface area contributed by atoms with Crippen LogP contribution in [0.3, 0.4) is 0 Å². The number of carbonyl (C=O) groups excluding carboxylic acids is 1. The van der Waals surface area contributed by atoms with Gasteiger partial charge in [0.25, 0.3) is 0 Å². The van der Waals surface area contributed by atoms with Gasteiger partial charge in [-0.15, -0.1) is 0 Å². The van der Waals surface area contributed by atoms with Crippen LogP contribution in [0, 0.1) is 5.82 Å². The first-order valence-corrected chi connectivity index (χ1v) is 7.00. The third-order valence-electron chi connectivity index (χ3n) is 3.08. The molecule has 2 aromatic carbocycles. The second-order valence-electron chi connectivity index (χ2n) is 4.32. The fourth-order valence-electron chi connectivity index (χ4n) is 2.14. The van der Waals surface area contributed by atoms with E-state index >= 15 is 0 Å². The minimum absolute atomic E-state index is 0.00560. The van der Waals surface area contributed by atoms with E-state index < -0.39 is 5.82 Å². The molecule has 3 aromatic rings. The van der Waals surface area contributed by atoms with Crippen molar-refractivity contribution in [3.63, 3.8) is 0 Å². The zero-order valence-corrected chi connectivity index (χ0v) is 12.4. The highest BCUT2D eigenvalue weighted by Gasteiger charge is 2.19. The molecule has 0 atom stereocenters. The number of fused-ring (bicyclic) bond motifs is 1. The molecule has 0 fully saturated rings. The van der Waals surface area contributed by atoms with E-state index in [-0.39, 0.29) is 16.4 Å². The molecule has 0 radical (unpaired) electrons. The van der Waals surface area contributed by atoms with E-state index in [1.165, 1.54) is 12.1 Å². The summed E-state index contributed by atoms with van der Waals surface area (Å²) >= 11 is 9.11. The molecule has 0 spiro atoms. The molecule has 1 heterocycles. The number of benzene rings is 2.